The van der Waals surface area contributed by atoms with E-state index in [2.05, 4.69) is 15.2 Å². The molecule has 0 fully saturated rings. The van der Waals surface area contributed by atoms with E-state index >= 15 is 0 Å². The number of nitro groups is 1. The molecule has 1 heterocycles. The van der Waals surface area contributed by atoms with Gasteiger partial charge in [0.15, 0.2) is 0 Å². The van der Waals surface area contributed by atoms with E-state index in [-0.39, 0.29) is 10.6 Å². The maximum Gasteiger partial charge on any atom is 0.295 e. The number of nitrogens with one attached hydrogen (secondary N) is 2. The molecule has 0 atom stereocenters. The van der Waals surface area contributed by atoms with E-state index < -0.39 is 20.6 Å². The summed E-state index contributed by atoms with van der Waals surface area (Å²) in [5.41, 5.74) is 4.85. The predicted octanol–water partition coefficient (Wildman–Crippen LogP) is 4.44. The lowest BCUT2D eigenvalue weighted by molar-refractivity contribution is -0.384. The highest BCUT2D eigenvalue weighted by Gasteiger charge is 2.22. The Labute approximate surface area is 173 Å². The summed E-state index contributed by atoms with van der Waals surface area (Å²) in [6, 6.07) is 12.2. The van der Waals surface area contributed by atoms with Gasteiger partial charge < -0.3 is 4.42 Å². The molecule has 10 heteroatoms. The molecule has 3 rings (SSSR count). The zero-order chi connectivity index (χ0) is 21.9. The van der Waals surface area contributed by atoms with Gasteiger partial charge in [-0.1, -0.05) is 17.7 Å². The molecule has 9 nitrogen and oxygen atoms in total. The Kier molecular flexibility index (Phi) is 5.88. The first-order chi connectivity index (χ1) is 14.2. The Morgan fingerprint density at radius 1 is 1.10 bits per heavy atom. The van der Waals surface area contributed by atoms with Gasteiger partial charge in [0, 0.05) is 6.07 Å². The van der Waals surface area contributed by atoms with Crippen LogP contribution in [0.1, 0.15) is 23.8 Å². The zero-order valence-electron chi connectivity index (χ0n) is 16.5. The molecule has 2 N–H and O–H groups in total. The number of hydrazone groups is 1. The van der Waals surface area contributed by atoms with Gasteiger partial charge in [-0.3, -0.25) is 20.3 Å². The Morgan fingerprint density at radius 2 is 1.83 bits per heavy atom. The largest absolute Gasteiger partial charge is 0.463 e. The number of nitro benzene ring substituents is 1. The Morgan fingerprint density at radius 3 is 2.47 bits per heavy atom. The van der Waals surface area contributed by atoms with Crippen LogP contribution in [-0.4, -0.2) is 19.1 Å². The minimum Gasteiger partial charge on any atom is -0.463 e. The first-order valence-electron chi connectivity index (χ1n) is 8.90. The van der Waals surface area contributed by atoms with Crippen LogP contribution in [0.15, 0.2) is 69.2 Å². The highest BCUT2D eigenvalue weighted by atomic mass is 32.2. The number of hydrogen-bond donors (Lipinski definition) is 2. The van der Waals surface area contributed by atoms with Gasteiger partial charge in [-0.05, 0) is 56.7 Å². The summed E-state index contributed by atoms with van der Waals surface area (Å²) in [5, 5.41) is 15.6. The van der Waals surface area contributed by atoms with Crippen LogP contribution in [-0.2, 0) is 10.0 Å². The van der Waals surface area contributed by atoms with Crippen molar-refractivity contribution in [2.24, 2.45) is 5.10 Å². The van der Waals surface area contributed by atoms with Gasteiger partial charge in [-0.2, -0.15) is 5.10 Å². The van der Waals surface area contributed by atoms with Gasteiger partial charge in [0.1, 0.15) is 17.2 Å². The molecule has 0 radical (unpaired) electrons. The molecule has 0 bridgehead atoms. The van der Waals surface area contributed by atoms with Crippen LogP contribution in [0.4, 0.5) is 17.1 Å². The van der Waals surface area contributed by atoms with Crippen molar-refractivity contribution in [2.75, 3.05) is 10.1 Å². The summed E-state index contributed by atoms with van der Waals surface area (Å²) >= 11 is 0. The van der Waals surface area contributed by atoms with Crippen molar-refractivity contribution in [3.05, 3.63) is 81.8 Å². The van der Waals surface area contributed by atoms with Crippen molar-refractivity contribution >= 4 is 32.8 Å². The second kappa shape index (κ2) is 8.37. The van der Waals surface area contributed by atoms with E-state index in [1.165, 1.54) is 18.4 Å². The van der Waals surface area contributed by atoms with E-state index in [0.717, 1.165) is 17.2 Å². The van der Waals surface area contributed by atoms with Crippen molar-refractivity contribution in [1.82, 2.24) is 0 Å². The van der Waals surface area contributed by atoms with Crippen LogP contribution < -0.4 is 10.1 Å². The van der Waals surface area contributed by atoms with Gasteiger partial charge in [-0.25, -0.2) is 8.42 Å². The minimum atomic E-state index is -4.02. The molecule has 3 aromatic rings. The van der Waals surface area contributed by atoms with Gasteiger partial charge in [0.2, 0.25) is 0 Å². The summed E-state index contributed by atoms with van der Waals surface area (Å²) < 4.78 is 33.2. The van der Waals surface area contributed by atoms with Gasteiger partial charge in [0.25, 0.3) is 15.7 Å². The molecule has 0 aliphatic carbocycles. The number of sulfonamides is 1. The van der Waals surface area contributed by atoms with Crippen molar-refractivity contribution < 1.29 is 17.8 Å². The molecule has 0 spiro atoms. The third-order valence-electron chi connectivity index (χ3n) is 4.32. The summed E-state index contributed by atoms with van der Waals surface area (Å²) in [6.45, 7) is 5.35. The van der Waals surface area contributed by atoms with Crippen LogP contribution in [0, 0.1) is 24.0 Å². The number of hydrogen-bond acceptors (Lipinski definition) is 7. The minimum absolute atomic E-state index is 0.0522. The SMILES string of the molecule is C/C(=N\Nc1ccc(S(=O)(=O)Nc2ccc(C)cc2C)cc1[N+](=O)[O-])c1ccco1. The molecule has 0 amide bonds. The fraction of sp³-hybridized carbons (Fsp3) is 0.150. The van der Waals surface area contributed by atoms with E-state index in [9.17, 15) is 18.5 Å². The number of benzene rings is 2. The normalized spacial score (nSPS) is 11.9. The second-order valence-corrected chi connectivity index (χ2v) is 8.33. The molecular weight excluding hydrogens is 408 g/mol. The highest BCUT2D eigenvalue weighted by molar-refractivity contribution is 7.92. The topological polar surface area (TPSA) is 127 Å². The molecule has 1 aromatic heterocycles. The van der Waals surface area contributed by atoms with Gasteiger partial charge >= 0.3 is 0 Å². The number of furan rings is 1. The standard InChI is InChI=1S/C20H20N4O5S/c1-13-6-8-17(14(2)11-13)23-30(27,28)16-7-9-18(19(12-16)24(25)26)22-21-15(3)20-5-4-10-29-20/h4-12,22-23H,1-3H3/b21-15+. The van der Waals surface area contributed by atoms with Crippen LogP contribution in [0.5, 0.6) is 0 Å². The third kappa shape index (κ3) is 4.66. The van der Waals surface area contributed by atoms with Crippen molar-refractivity contribution in [3.8, 4) is 0 Å². The second-order valence-electron chi connectivity index (χ2n) is 6.65. The molecule has 0 aliphatic heterocycles. The van der Waals surface area contributed by atoms with Crippen LogP contribution in [0.3, 0.4) is 0 Å². The molecule has 0 saturated heterocycles. The van der Waals surface area contributed by atoms with Crippen LogP contribution >= 0.6 is 0 Å². The van der Waals surface area contributed by atoms with Crippen molar-refractivity contribution in [2.45, 2.75) is 25.7 Å². The summed E-state index contributed by atoms with van der Waals surface area (Å²) in [4.78, 5) is 10.6. The Balaban J connectivity index is 1.90. The lowest BCUT2D eigenvalue weighted by Crippen LogP contribution is -2.14. The molecule has 156 valence electrons. The molecule has 0 aliphatic rings. The van der Waals surface area contributed by atoms with E-state index in [1.54, 1.807) is 38.1 Å². The van der Waals surface area contributed by atoms with Crippen molar-refractivity contribution in [3.63, 3.8) is 0 Å². The molecule has 0 unspecified atom stereocenters. The van der Waals surface area contributed by atoms with Gasteiger partial charge in [0.05, 0.1) is 21.8 Å². The number of aryl methyl sites for hydroxylation is 2. The fourth-order valence-corrected chi connectivity index (χ4v) is 3.89. The summed E-state index contributed by atoms with van der Waals surface area (Å²) in [7, 11) is -4.02. The van der Waals surface area contributed by atoms with Crippen LogP contribution in [0.2, 0.25) is 0 Å². The first-order valence-corrected chi connectivity index (χ1v) is 10.4. The number of nitrogens with zero attached hydrogens (tertiary/aromatic N) is 2. The Bertz CT molecular complexity index is 1220. The number of anilines is 2. The zero-order valence-corrected chi connectivity index (χ0v) is 17.4. The molecule has 0 saturated carbocycles. The molecular formula is C20H20N4O5S. The van der Waals surface area contributed by atoms with E-state index in [0.29, 0.717) is 17.2 Å². The highest BCUT2D eigenvalue weighted by Crippen LogP contribution is 2.29. The van der Waals surface area contributed by atoms with Gasteiger partial charge in [-0.15, -0.1) is 0 Å². The summed E-state index contributed by atoms with van der Waals surface area (Å²) in [6.07, 6.45) is 1.49. The lowest BCUT2D eigenvalue weighted by Gasteiger charge is -2.12. The molecule has 2 aromatic carbocycles. The predicted molar refractivity (Wildman–Crippen MR) is 114 cm³/mol. The van der Waals surface area contributed by atoms with Crippen molar-refractivity contribution in [1.29, 1.82) is 0 Å². The first kappa shape index (κ1) is 21.1. The van der Waals surface area contributed by atoms with E-state index in [4.69, 9.17) is 4.42 Å². The lowest BCUT2D eigenvalue weighted by atomic mass is 10.1. The quantitative estimate of drug-likeness (QED) is 0.325. The van der Waals surface area contributed by atoms with Crippen LogP contribution in [0.25, 0.3) is 0 Å². The third-order valence-corrected chi connectivity index (χ3v) is 5.69. The monoisotopic (exact) mass is 428 g/mol. The summed E-state index contributed by atoms with van der Waals surface area (Å²) in [5.74, 6) is 0.502. The maximum atomic E-state index is 12.8. The Hall–Kier alpha value is -3.66. The van der Waals surface area contributed by atoms with E-state index in [1.807, 2.05) is 13.0 Å². The smallest absolute Gasteiger partial charge is 0.295 e. The average Bonchev–Trinajstić information content (AvgIpc) is 3.23. The fourth-order valence-electron chi connectivity index (χ4n) is 2.74. The maximum absolute atomic E-state index is 12.8. The molecule has 30 heavy (non-hydrogen) atoms. The number of rotatable bonds is 7. The average molecular weight is 428 g/mol.